The van der Waals surface area contributed by atoms with Crippen LogP contribution in [0.4, 0.5) is 5.69 Å². The molecule has 0 radical (unpaired) electrons. The summed E-state index contributed by atoms with van der Waals surface area (Å²) >= 11 is 0. The molecule has 3 rings (SSSR count). The van der Waals surface area contributed by atoms with Gasteiger partial charge in [0.05, 0.1) is 12.7 Å². The lowest BCUT2D eigenvalue weighted by atomic mass is 10.1. The number of carbonyl (C=O) groups is 3. The largest absolute Gasteiger partial charge is 0.497 e. The molecule has 1 fully saturated rings. The zero-order valence-electron chi connectivity index (χ0n) is 17.5. The van der Waals surface area contributed by atoms with Crippen LogP contribution in [0, 0.1) is 0 Å². The number of nitrogens with zero attached hydrogens (tertiary/aromatic N) is 1. The van der Waals surface area contributed by atoms with Crippen LogP contribution in [-0.2, 0) is 14.3 Å². The van der Waals surface area contributed by atoms with E-state index in [1.54, 1.807) is 48.4 Å². The summed E-state index contributed by atoms with van der Waals surface area (Å²) < 4.78 is 15.7. The Kier molecular flexibility index (Phi) is 7.86. The molecule has 1 aliphatic heterocycles. The van der Waals surface area contributed by atoms with Crippen molar-refractivity contribution >= 4 is 23.5 Å². The zero-order valence-corrected chi connectivity index (χ0v) is 17.5. The molecule has 1 N–H and O–H groups in total. The number of likely N-dealkylation sites (tertiary alicyclic amines) is 1. The molecule has 2 aromatic rings. The van der Waals surface area contributed by atoms with Crippen molar-refractivity contribution in [1.82, 2.24) is 4.90 Å². The topological polar surface area (TPSA) is 94.2 Å². The van der Waals surface area contributed by atoms with Gasteiger partial charge in [-0.3, -0.25) is 9.59 Å². The average Bonchev–Trinajstić information content (AvgIpc) is 2.82. The van der Waals surface area contributed by atoms with E-state index in [-0.39, 0.29) is 25.0 Å². The first-order valence-corrected chi connectivity index (χ1v) is 10.2. The lowest BCUT2D eigenvalue weighted by molar-refractivity contribution is -0.135. The van der Waals surface area contributed by atoms with Gasteiger partial charge in [0, 0.05) is 24.8 Å². The molecule has 0 unspecified atom stereocenters. The summed E-state index contributed by atoms with van der Waals surface area (Å²) in [5, 5.41) is 2.72. The zero-order chi connectivity index (χ0) is 22.1. The normalized spacial score (nSPS) is 13.3. The van der Waals surface area contributed by atoms with Crippen LogP contribution in [0.25, 0.3) is 0 Å². The summed E-state index contributed by atoms with van der Waals surface area (Å²) in [6.45, 7) is 0.981. The maximum atomic E-state index is 12.2. The number of amides is 2. The summed E-state index contributed by atoms with van der Waals surface area (Å²) in [6.07, 6.45) is 3.10. The van der Waals surface area contributed by atoms with Crippen molar-refractivity contribution in [3.63, 3.8) is 0 Å². The summed E-state index contributed by atoms with van der Waals surface area (Å²) in [7, 11) is 1.55. The van der Waals surface area contributed by atoms with E-state index in [4.69, 9.17) is 14.2 Å². The van der Waals surface area contributed by atoms with E-state index in [0.29, 0.717) is 35.8 Å². The van der Waals surface area contributed by atoms with Crippen LogP contribution in [-0.4, -0.2) is 56.1 Å². The number of esters is 1. The minimum Gasteiger partial charge on any atom is -0.497 e. The minimum atomic E-state index is -0.576. The van der Waals surface area contributed by atoms with E-state index < -0.39 is 5.97 Å². The molecular weight excluding hydrogens is 400 g/mol. The predicted octanol–water partition coefficient (Wildman–Crippen LogP) is 2.88. The number of methoxy groups -OCH3 is 1. The summed E-state index contributed by atoms with van der Waals surface area (Å²) in [6, 6.07) is 13.2. The number of carbonyl (C=O) groups excluding carboxylic acids is 3. The standard InChI is InChI=1S/C23H26N2O6/c1-29-20-7-5-6-18(14-20)24-21(26)15-30-19-10-8-17(9-11-19)23(28)31-16-22(27)25-12-3-2-4-13-25/h5-11,14H,2-4,12-13,15-16H2,1H3,(H,24,26). The summed E-state index contributed by atoms with van der Waals surface area (Å²) in [5.74, 6) is -0.00347. The number of ether oxygens (including phenoxy) is 3. The Balaban J connectivity index is 1.43. The molecule has 1 aliphatic rings. The fourth-order valence-electron chi connectivity index (χ4n) is 3.18. The number of benzene rings is 2. The van der Waals surface area contributed by atoms with Crippen molar-refractivity contribution in [3.8, 4) is 11.5 Å². The number of piperidine rings is 1. The highest BCUT2D eigenvalue weighted by atomic mass is 16.5. The van der Waals surface area contributed by atoms with Gasteiger partial charge >= 0.3 is 5.97 Å². The first-order valence-electron chi connectivity index (χ1n) is 10.2. The number of rotatable bonds is 8. The Morgan fingerprint density at radius 3 is 2.39 bits per heavy atom. The van der Waals surface area contributed by atoms with Gasteiger partial charge in [-0.2, -0.15) is 0 Å². The smallest absolute Gasteiger partial charge is 0.338 e. The second kappa shape index (κ2) is 11.0. The van der Waals surface area contributed by atoms with Gasteiger partial charge in [-0.1, -0.05) is 6.07 Å². The molecule has 1 saturated heterocycles. The van der Waals surface area contributed by atoms with Crippen LogP contribution >= 0.6 is 0 Å². The van der Waals surface area contributed by atoms with Gasteiger partial charge in [-0.05, 0) is 55.7 Å². The van der Waals surface area contributed by atoms with Crippen LogP contribution < -0.4 is 14.8 Å². The predicted molar refractivity (Wildman–Crippen MR) is 114 cm³/mol. The molecule has 0 aromatic heterocycles. The van der Waals surface area contributed by atoms with Crippen molar-refractivity contribution in [2.75, 3.05) is 38.7 Å². The van der Waals surface area contributed by atoms with E-state index in [2.05, 4.69) is 5.32 Å². The van der Waals surface area contributed by atoms with Gasteiger partial charge in [0.25, 0.3) is 11.8 Å². The van der Waals surface area contributed by atoms with Crippen LogP contribution in [0.2, 0.25) is 0 Å². The Labute approximate surface area is 181 Å². The van der Waals surface area contributed by atoms with E-state index >= 15 is 0 Å². The maximum absolute atomic E-state index is 12.2. The quantitative estimate of drug-likeness (QED) is 0.653. The molecule has 2 aromatic carbocycles. The lowest BCUT2D eigenvalue weighted by Crippen LogP contribution is -2.38. The third-order valence-corrected chi connectivity index (χ3v) is 4.85. The van der Waals surface area contributed by atoms with Crippen molar-refractivity contribution in [2.24, 2.45) is 0 Å². The molecule has 2 amide bonds. The molecule has 0 spiro atoms. The highest BCUT2D eigenvalue weighted by Crippen LogP contribution is 2.17. The van der Waals surface area contributed by atoms with Crippen molar-refractivity contribution < 1.29 is 28.6 Å². The van der Waals surface area contributed by atoms with Crippen molar-refractivity contribution in [3.05, 3.63) is 54.1 Å². The van der Waals surface area contributed by atoms with Gasteiger partial charge < -0.3 is 24.4 Å². The summed E-state index contributed by atoms with van der Waals surface area (Å²) in [5.41, 5.74) is 0.907. The Hall–Kier alpha value is -3.55. The molecule has 1 heterocycles. The highest BCUT2D eigenvalue weighted by Gasteiger charge is 2.18. The highest BCUT2D eigenvalue weighted by molar-refractivity contribution is 5.92. The van der Waals surface area contributed by atoms with E-state index in [0.717, 1.165) is 19.3 Å². The molecule has 164 valence electrons. The van der Waals surface area contributed by atoms with Gasteiger partial charge in [0.1, 0.15) is 11.5 Å². The van der Waals surface area contributed by atoms with E-state index in [1.165, 1.54) is 12.1 Å². The molecule has 0 bridgehead atoms. The Morgan fingerprint density at radius 2 is 1.68 bits per heavy atom. The van der Waals surface area contributed by atoms with Gasteiger partial charge in [0.2, 0.25) is 0 Å². The molecule has 0 saturated carbocycles. The van der Waals surface area contributed by atoms with Crippen LogP contribution in [0.15, 0.2) is 48.5 Å². The minimum absolute atomic E-state index is 0.171. The second-order valence-corrected chi connectivity index (χ2v) is 7.11. The molecule has 31 heavy (non-hydrogen) atoms. The molecular formula is C23H26N2O6. The summed E-state index contributed by atoms with van der Waals surface area (Å²) in [4.78, 5) is 38.0. The average molecular weight is 426 g/mol. The maximum Gasteiger partial charge on any atom is 0.338 e. The third kappa shape index (κ3) is 6.74. The second-order valence-electron chi connectivity index (χ2n) is 7.11. The van der Waals surface area contributed by atoms with Crippen LogP contribution in [0.1, 0.15) is 29.6 Å². The van der Waals surface area contributed by atoms with Crippen LogP contribution in [0.5, 0.6) is 11.5 Å². The number of hydrogen-bond donors (Lipinski definition) is 1. The van der Waals surface area contributed by atoms with Gasteiger partial charge in [0.15, 0.2) is 13.2 Å². The number of nitrogens with one attached hydrogen (secondary N) is 1. The number of anilines is 1. The fraction of sp³-hybridized carbons (Fsp3) is 0.348. The van der Waals surface area contributed by atoms with E-state index in [1.807, 2.05) is 0 Å². The fourth-order valence-corrected chi connectivity index (χ4v) is 3.18. The SMILES string of the molecule is COc1cccc(NC(=O)COc2ccc(C(=O)OCC(=O)N3CCCCC3)cc2)c1. The Bertz CT molecular complexity index is 907. The lowest BCUT2D eigenvalue weighted by Gasteiger charge is -2.26. The molecule has 0 atom stereocenters. The van der Waals surface area contributed by atoms with Crippen molar-refractivity contribution in [2.45, 2.75) is 19.3 Å². The Morgan fingerprint density at radius 1 is 0.935 bits per heavy atom. The first kappa shape index (κ1) is 22.1. The first-order chi connectivity index (χ1) is 15.0. The molecule has 8 heteroatoms. The van der Waals surface area contributed by atoms with Crippen LogP contribution in [0.3, 0.4) is 0 Å². The monoisotopic (exact) mass is 426 g/mol. The van der Waals surface area contributed by atoms with Gasteiger partial charge in [-0.25, -0.2) is 4.79 Å². The van der Waals surface area contributed by atoms with Gasteiger partial charge in [-0.15, -0.1) is 0 Å². The number of hydrogen-bond acceptors (Lipinski definition) is 6. The van der Waals surface area contributed by atoms with E-state index in [9.17, 15) is 14.4 Å². The van der Waals surface area contributed by atoms with Crippen molar-refractivity contribution in [1.29, 1.82) is 0 Å². The molecule has 8 nitrogen and oxygen atoms in total. The third-order valence-electron chi connectivity index (χ3n) is 4.85. The molecule has 0 aliphatic carbocycles.